The summed E-state index contributed by atoms with van der Waals surface area (Å²) in [6.07, 6.45) is 1.71. The number of carbonyl (C=O) groups excluding carboxylic acids is 1. The summed E-state index contributed by atoms with van der Waals surface area (Å²) < 4.78 is 0. The predicted octanol–water partition coefficient (Wildman–Crippen LogP) is 1.41. The topological polar surface area (TPSA) is 104 Å². The van der Waals surface area contributed by atoms with E-state index in [0.717, 1.165) is 5.56 Å². The second-order valence-corrected chi connectivity index (χ2v) is 5.30. The summed E-state index contributed by atoms with van der Waals surface area (Å²) in [5.74, 6) is -0.0728. The number of aliphatic hydroxyl groups is 1. The molecule has 1 aliphatic heterocycles. The molecule has 0 bridgehead atoms. The van der Waals surface area contributed by atoms with Gasteiger partial charge in [0.2, 0.25) is 5.91 Å². The Morgan fingerprint density at radius 3 is 2.75 bits per heavy atom. The molecule has 0 atom stereocenters. The summed E-state index contributed by atoms with van der Waals surface area (Å²) >= 11 is 0. The van der Waals surface area contributed by atoms with Crippen molar-refractivity contribution in [2.75, 3.05) is 10.6 Å². The smallest absolute Gasteiger partial charge is 0.292 e. The minimum atomic E-state index is -0.422. The largest absolute Gasteiger partial charge is 0.393 e. The van der Waals surface area contributed by atoms with E-state index in [2.05, 4.69) is 10.6 Å². The van der Waals surface area contributed by atoms with Gasteiger partial charge >= 0.3 is 0 Å². The molecule has 0 aromatic heterocycles. The van der Waals surface area contributed by atoms with Crippen molar-refractivity contribution in [3.05, 3.63) is 27.8 Å². The van der Waals surface area contributed by atoms with Crippen LogP contribution in [0.4, 0.5) is 17.1 Å². The molecule has 0 unspecified atom stereocenters. The summed E-state index contributed by atoms with van der Waals surface area (Å²) in [7, 11) is 0. The molecule has 1 aliphatic carbocycles. The molecule has 1 saturated carbocycles. The maximum absolute atomic E-state index is 11.4. The van der Waals surface area contributed by atoms with Gasteiger partial charge in [0.05, 0.1) is 11.0 Å². The summed E-state index contributed by atoms with van der Waals surface area (Å²) in [6, 6.07) is 3.18. The average Bonchev–Trinajstić information content (AvgIpc) is 2.35. The summed E-state index contributed by atoms with van der Waals surface area (Å²) in [5.41, 5.74) is 1.83. The van der Waals surface area contributed by atoms with Crippen molar-refractivity contribution in [1.82, 2.24) is 0 Å². The predicted molar refractivity (Wildman–Crippen MR) is 72.7 cm³/mol. The molecule has 1 aromatic carbocycles. The second kappa shape index (κ2) is 4.75. The fourth-order valence-electron chi connectivity index (χ4n) is 2.61. The number of rotatable bonds is 3. The minimum absolute atomic E-state index is 0.0151. The first-order chi connectivity index (χ1) is 9.52. The molecule has 1 fully saturated rings. The van der Waals surface area contributed by atoms with Gasteiger partial charge in [-0.1, -0.05) is 0 Å². The number of nitrogens with zero attached hydrogens (tertiary/aromatic N) is 1. The highest BCUT2D eigenvalue weighted by molar-refractivity contribution is 5.95. The number of benzene rings is 1. The first kappa shape index (κ1) is 12.9. The molecule has 2 aliphatic rings. The van der Waals surface area contributed by atoms with E-state index in [4.69, 9.17) is 0 Å². The quantitative estimate of drug-likeness (QED) is 0.572. The third-order valence-corrected chi connectivity index (χ3v) is 3.79. The molecule has 7 heteroatoms. The van der Waals surface area contributed by atoms with Gasteiger partial charge in [-0.05, 0) is 30.9 Å². The first-order valence-corrected chi connectivity index (χ1v) is 6.58. The lowest BCUT2D eigenvalue weighted by Gasteiger charge is -2.33. The minimum Gasteiger partial charge on any atom is -0.393 e. The van der Waals surface area contributed by atoms with Gasteiger partial charge in [0.1, 0.15) is 5.69 Å². The third-order valence-electron chi connectivity index (χ3n) is 3.79. The maximum Gasteiger partial charge on any atom is 0.292 e. The highest BCUT2D eigenvalue weighted by Crippen LogP contribution is 2.36. The highest BCUT2D eigenvalue weighted by atomic mass is 16.6. The van der Waals surface area contributed by atoms with Crippen molar-refractivity contribution >= 4 is 23.0 Å². The molecule has 0 saturated heterocycles. The highest BCUT2D eigenvalue weighted by Gasteiger charge is 2.30. The van der Waals surface area contributed by atoms with Crippen LogP contribution in [0.15, 0.2) is 12.1 Å². The molecule has 3 rings (SSSR count). The van der Waals surface area contributed by atoms with E-state index in [0.29, 0.717) is 37.1 Å². The number of nitro groups is 1. The Labute approximate surface area is 115 Å². The summed E-state index contributed by atoms with van der Waals surface area (Å²) in [4.78, 5) is 22.1. The lowest BCUT2D eigenvalue weighted by Crippen LogP contribution is -2.39. The second-order valence-electron chi connectivity index (χ2n) is 5.30. The SMILES string of the molecule is O=C1CCc2cc([N+](=O)[O-])c(NC3CC(O)C3)cc2N1. The van der Waals surface area contributed by atoms with Crippen molar-refractivity contribution in [3.63, 3.8) is 0 Å². The summed E-state index contributed by atoms with van der Waals surface area (Å²) in [5, 5.41) is 26.2. The van der Waals surface area contributed by atoms with Gasteiger partial charge < -0.3 is 15.7 Å². The Bertz CT molecular complexity index is 581. The molecule has 7 nitrogen and oxygen atoms in total. The number of aliphatic hydroxyl groups excluding tert-OH is 1. The van der Waals surface area contributed by atoms with E-state index in [1.54, 1.807) is 6.07 Å². The molecule has 1 aromatic rings. The fraction of sp³-hybridized carbons (Fsp3) is 0.462. The lowest BCUT2D eigenvalue weighted by molar-refractivity contribution is -0.384. The molecular formula is C13H15N3O4. The number of carbonyl (C=O) groups is 1. The van der Waals surface area contributed by atoms with E-state index in [-0.39, 0.29) is 23.7 Å². The van der Waals surface area contributed by atoms with E-state index in [1.165, 1.54) is 6.07 Å². The van der Waals surface area contributed by atoms with Crippen LogP contribution in [0.2, 0.25) is 0 Å². The molecule has 1 heterocycles. The molecule has 0 spiro atoms. The van der Waals surface area contributed by atoms with Crippen molar-refractivity contribution in [2.45, 2.75) is 37.8 Å². The van der Waals surface area contributed by atoms with Gasteiger partial charge in [0, 0.05) is 24.2 Å². The number of hydrogen-bond donors (Lipinski definition) is 3. The van der Waals surface area contributed by atoms with Crippen molar-refractivity contribution in [3.8, 4) is 0 Å². The van der Waals surface area contributed by atoms with E-state index in [9.17, 15) is 20.0 Å². The molecule has 106 valence electrons. The van der Waals surface area contributed by atoms with Gasteiger partial charge in [-0.3, -0.25) is 14.9 Å². The Morgan fingerprint density at radius 1 is 1.35 bits per heavy atom. The zero-order chi connectivity index (χ0) is 14.3. The molecule has 0 radical (unpaired) electrons. The lowest BCUT2D eigenvalue weighted by atomic mass is 9.89. The average molecular weight is 277 g/mol. The zero-order valence-corrected chi connectivity index (χ0v) is 10.8. The Hall–Kier alpha value is -2.15. The van der Waals surface area contributed by atoms with Crippen LogP contribution in [0.5, 0.6) is 0 Å². The van der Waals surface area contributed by atoms with Crippen molar-refractivity contribution < 1.29 is 14.8 Å². The van der Waals surface area contributed by atoms with Crippen LogP contribution < -0.4 is 10.6 Å². The first-order valence-electron chi connectivity index (χ1n) is 6.58. The Kier molecular flexibility index (Phi) is 3.06. The Morgan fingerprint density at radius 2 is 2.10 bits per heavy atom. The number of anilines is 2. The van der Waals surface area contributed by atoms with E-state index >= 15 is 0 Å². The third kappa shape index (κ3) is 2.32. The Balaban J connectivity index is 1.91. The van der Waals surface area contributed by atoms with Crippen molar-refractivity contribution in [2.24, 2.45) is 0 Å². The molecule has 20 heavy (non-hydrogen) atoms. The van der Waals surface area contributed by atoms with E-state index in [1.807, 2.05) is 0 Å². The van der Waals surface area contributed by atoms with Gasteiger partial charge in [-0.25, -0.2) is 0 Å². The molecular weight excluding hydrogens is 262 g/mol. The van der Waals surface area contributed by atoms with Gasteiger partial charge in [0.15, 0.2) is 0 Å². The molecule has 3 N–H and O–H groups in total. The number of aryl methyl sites for hydroxylation is 1. The van der Waals surface area contributed by atoms with Crippen LogP contribution in [-0.4, -0.2) is 28.1 Å². The zero-order valence-electron chi connectivity index (χ0n) is 10.8. The maximum atomic E-state index is 11.4. The number of hydrogen-bond acceptors (Lipinski definition) is 5. The van der Waals surface area contributed by atoms with Crippen LogP contribution in [0.3, 0.4) is 0 Å². The number of nitrogens with one attached hydrogen (secondary N) is 2. The normalized spacial score (nSPS) is 24.4. The van der Waals surface area contributed by atoms with Crippen LogP contribution in [-0.2, 0) is 11.2 Å². The van der Waals surface area contributed by atoms with Gasteiger partial charge in [-0.2, -0.15) is 0 Å². The number of nitro benzene ring substituents is 1. The van der Waals surface area contributed by atoms with Crippen molar-refractivity contribution in [1.29, 1.82) is 0 Å². The van der Waals surface area contributed by atoms with Crippen LogP contribution in [0.1, 0.15) is 24.8 Å². The van der Waals surface area contributed by atoms with Gasteiger partial charge in [-0.15, -0.1) is 0 Å². The van der Waals surface area contributed by atoms with Gasteiger partial charge in [0.25, 0.3) is 5.69 Å². The van der Waals surface area contributed by atoms with Crippen LogP contribution in [0, 0.1) is 10.1 Å². The fourth-order valence-corrected chi connectivity index (χ4v) is 2.61. The summed E-state index contributed by atoms with van der Waals surface area (Å²) in [6.45, 7) is 0. The number of amides is 1. The number of fused-ring (bicyclic) bond motifs is 1. The monoisotopic (exact) mass is 277 g/mol. The standard InChI is InChI=1S/C13H15N3O4/c17-9-4-8(5-9)14-11-6-10-7(1-2-13(18)15-10)3-12(11)16(19)20/h3,6,8-9,14,17H,1-2,4-5H2,(H,15,18). The molecule has 1 amide bonds. The van der Waals surface area contributed by atoms with E-state index < -0.39 is 4.92 Å². The van der Waals surface area contributed by atoms with Crippen LogP contribution in [0.25, 0.3) is 0 Å². The van der Waals surface area contributed by atoms with Crippen LogP contribution >= 0.6 is 0 Å².